The number of nitrogens with zero attached hydrogens (tertiary/aromatic N) is 2. The van der Waals surface area contributed by atoms with Crippen LogP contribution in [-0.2, 0) is 0 Å². The topological polar surface area (TPSA) is 64.4 Å². The highest BCUT2D eigenvalue weighted by Gasteiger charge is 2.21. The molecule has 0 unspecified atom stereocenters. The zero-order chi connectivity index (χ0) is 13.1. The first-order valence-corrected chi connectivity index (χ1v) is 5.63. The molecule has 0 saturated heterocycles. The Hall–Kier alpha value is -2.30. The highest BCUT2D eigenvalue weighted by Crippen LogP contribution is 2.26. The average Bonchev–Trinajstić information content (AvgIpc) is 2.74. The summed E-state index contributed by atoms with van der Waals surface area (Å²) in [5.41, 5.74) is 0.0638. The maximum atomic E-state index is 11.3. The van der Waals surface area contributed by atoms with Crippen LogP contribution < -0.4 is 4.74 Å². The Morgan fingerprint density at radius 3 is 2.56 bits per heavy atom. The van der Waals surface area contributed by atoms with Gasteiger partial charge in [0, 0.05) is 6.04 Å². The summed E-state index contributed by atoms with van der Waals surface area (Å²) in [4.78, 5) is 11.3. The number of hydrogen-bond donors (Lipinski definition) is 1. The number of para-hydroxylation sites is 1. The van der Waals surface area contributed by atoms with Gasteiger partial charge in [-0.2, -0.15) is 5.10 Å². The molecule has 0 saturated carbocycles. The van der Waals surface area contributed by atoms with Crippen LogP contribution in [0, 0.1) is 0 Å². The second-order valence-corrected chi connectivity index (χ2v) is 4.12. The van der Waals surface area contributed by atoms with Crippen molar-refractivity contribution in [3.63, 3.8) is 0 Å². The van der Waals surface area contributed by atoms with E-state index in [0.29, 0.717) is 5.75 Å². The Bertz CT molecular complexity index is 547. The summed E-state index contributed by atoms with van der Waals surface area (Å²) in [5.74, 6) is -0.210. The van der Waals surface area contributed by atoms with Crippen LogP contribution in [0.15, 0.2) is 36.5 Å². The average molecular weight is 246 g/mol. The van der Waals surface area contributed by atoms with Gasteiger partial charge in [0.15, 0.2) is 11.4 Å². The van der Waals surface area contributed by atoms with Crippen LogP contribution in [0.3, 0.4) is 0 Å². The maximum absolute atomic E-state index is 11.3. The molecule has 2 rings (SSSR count). The second-order valence-electron chi connectivity index (χ2n) is 4.12. The molecule has 18 heavy (non-hydrogen) atoms. The number of benzene rings is 1. The highest BCUT2D eigenvalue weighted by molar-refractivity contribution is 5.89. The largest absolute Gasteiger partial charge is 0.476 e. The van der Waals surface area contributed by atoms with Crippen molar-refractivity contribution in [2.45, 2.75) is 19.9 Å². The minimum absolute atomic E-state index is 0.0378. The van der Waals surface area contributed by atoms with E-state index in [1.807, 2.05) is 32.0 Å². The Morgan fingerprint density at radius 1 is 1.33 bits per heavy atom. The summed E-state index contributed by atoms with van der Waals surface area (Å²) >= 11 is 0. The molecule has 0 fully saturated rings. The molecule has 0 atom stereocenters. The third kappa shape index (κ3) is 2.34. The zero-order valence-electron chi connectivity index (χ0n) is 10.2. The molecule has 0 spiro atoms. The summed E-state index contributed by atoms with van der Waals surface area (Å²) in [6.45, 7) is 3.73. The highest BCUT2D eigenvalue weighted by atomic mass is 16.5. The fourth-order valence-electron chi connectivity index (χ4n) is 1.63. The van der Waals surface area contributed by atoms with E-state index in [0.717, 1.165) is 0 Å². The van der Waals surface area contributed by atoms with Gasteiger partial charge >= 0.3 is 5.97 Å². The first-order chi connectivity index (χ1) is 8.59. The molecular weight excluding hydrogens is 232 g/mol. The number of ether oxygens (including phenoxy) is 1. The molecule has 1 aromatic heterocycles. The number of aromatic carboxylic acids is 1. The Balaban J connectivity index is 2.37. The quantitative estimate of drug-likeness (QED) is 0.900. The van der Waals surface area contributed by atoms with Gasteiger partial charge in [0.2, 0.25) is 0 Å². The van der Waals surface area contributed by atoms with Gasteiger partial charge in [0.05, 0.1) is 6.20 Å². The van der Waals surface area contributed by atoms with E-state index in [1.54, 1.807) is 12.1 Å². The van der Waals surface area contributed by atoms with E-state index in [4.69, 9.17) is 4.74 Å². The molecule has 0 bridgehead atoms. The molecular formula is C13H14N2O3. The number of carbonyl (C=O) groups is 1. The van der Waals surface area contributed by atoms with Crippen LogP contribution in [0.1, 0.15) is 30.4 Å². The smallest absolute Gasteiger partial charge is 0.358 e. The lowest BCUT2D eigenvalue weighted by Gasteiger charge is -2.09. The molecule has 1 heterocycles. The van der Waals surface area contributed by atoms with Crippen molar-refractivity contribution in [1.29, 1.82) is 0 Å². The first-order valence-electron chi connectivity index (χ1n) is 5.63. The Labute approximate surface area is 105 Å². The lowest BCUT2D eigenvalue weighted by atomic mass is 10.3. The normalized spacial score (nSPS) is 10.6. The minimum atomic E-state index is -1.05. The number of aromatic nitrogens is 2. The van der Waals surface area contributed by atoms with Gasteiger partial charge in [-0.15, -0.1) is 0 Å². The Kier molecular flexibility index (Phi) is 3.32. The van der Waals surface area contributed by atoms with E-state index in [2.05, 4.69) is 5.10 Å². The SMILES string of the molecule is CC(C)n1ncc(Oc2ccccc2)c1C(=O)O. The van der Waals surface area contributed by atoms with Crippen LogP contribution >= 0.6 is 0 Å². The summed E-state index contributed by atoms with van der Waals surface area (Å²) in [5, 5.41) is 13.3. The van der Waals surface area contributed by atoms with Gasteiger partial charge in [-0.05, 0) is 26.0 Å². The van der Waals surface area contributed by atoms with Crippen molar-refractivity contribution in [2.75, 3.05) is 0 Å². The van der Waals surface area contributed by atoms with E-state index in [-0.39, 0.29) is 17.5 Å². The number of carboxylic acid groups (broad SMARTS) is 1. The van der Waals surface area contributed by atoms with Crippen LogP contribution in [0.4, 0.5) is 0 Å². The third-order valence-electron chi connectivity index (χ3n) is 2.42. The number of carboxylic acids is 1. The standard InChI is InChI=1S/C13H14N2O3/c1-9(2)15-12(13(16)17)11(8-14-15)18-10-6-4-3-5-7-10/h3-9H,1-2H3,(H,16,17). The summed E-state index contributed by atoms with van der Waals surface area (Å²) in [6, 6.07) is 8.99. The zero-order valence-corrected chi connectivity index (χ0v) is 10.2. The maximum Gasteiger partial charge on any atom is 0.358 e. The predicted octanol–water partition coefficient (Wildman–Crippen LogP) is 2.95. The molecule has 0 aliphatic rings. The Morgan fingerprint density at radius 2 is 2.00 bits per heavy atom. The molecule has 0 aliphatic heterocycles. The van der Waals surface area contributed by atoms with Crippen LogP contribution in [-0.4, -0.2) is 20.9 Å². The van der Waals surface area contributed by atoms with Crippen LogP contribution in [0.25, 0.3) is 0 Å². The molecule has 94 valence electrons. The fourth-order valence-corrected chi connectivity index (χ4v) is 1.63. The monoisotopic (exact) mass is 246 g/mol. The van der Waals surface area contributed by atoms with Gasteiger partial charge in [-0.25, -0.2) is 4.79 Å². The van der Waals surface area contributed by atoms with Crippen molar-refractivity contribution in [2.24, 2.45) is 0 Å². The van der Waals surface area contributed by atoms with E-state index in [9.17, 15) is 9.90 Å². The molecule has 5 heteroatoms. The summed E-state index contributed by atoms with van der Waals surface area (Å²) in [6.07, 6.45) is 1.43. The lowest BCUT2D eigenvalue weighted by Crippen LogP contribution is -2.12. The summed E-state index contributed by atoms with van der Waals surface area (Å²) < 4.78 is 6.97. The lowest BCUT2D eigenvalue weighted by molar-refractivity contribution is 0.0678. The third-order valence-corrected chi connectivity index (χ3v) is 2.42. The van der Waals surface area contributed by atoms with Crippen molar-refractivity contribution in [3.8, 4) is 11.5 Å². The predicted molar refractivity (Wildman–Crippen MR) is 66.1 cm³/mol. The van der Waals surface area contributed by atoms with Gasteiger partial charge < -0.3 is 9.84 Å². The fraction of sp³-hybridized carbons (Fsp3) is 0.231. The second kappa shape index (κ2) is 4.91. The van der Waals surface area contributed by atoms with Crippen molar-refractivity contribution >= 4 is 5.97 Å². The molecule has 1 aromatic carbocycles. The van der Waals surface area contributed by atoms with Crippen LogP contribution in [0.5, 0.6) is 11.5 Å². The molecule has 0 amide bonds. The van der Waals surface area contributed by atoms with E-state index < -0.39 is 5.97 Å². The molecule has 1 N–H and O–H groups in total. The van der Waals surface area contributed by atoms with Crippen molar-refractivity contribution in [1.82, 2.24) is 9.78 Å². The van der Waals surface area contributed by atoms with Gasteiger partial charge in [-0.1, -0.05) is 18.2 Å². The van der Waals surface area contributed by atoms with Crippen molar-refractivity contribution in [3.05, 3.63) is 42.2 Å². The number of rotatable bonds is 4. The molecule has 5 nitrogen and oxygen atoms in total. The first kappa shape index (κ1) is 12.2. The van der Waals surface area contributed by atoms with Gasteiger partial charge in [-0.3, -0.25) is 4.68 Å². The molecule has 2 aromatic rings. The van der Waals surface area contributed by atoms with Gasteiger partial charge in [0.1, 0.15) is 5.75 Å². The number of hydrogen-bond acceptors (Lipinski definition) is 3. The van der Waals surface area contributed by atoms with Gasteiger partial charge in [0.25, 0.3) is 0 Å². The minimum Gasteiger partial charge on any atom is -0.476 e. The van der Waals surface area contributed by atoms with Crippen molar-refractivity contribution < 1.29 is 14.6 Å². The van der Waals surface area contributed by atoms with E-state index >= 15 is 0 Å². The molecule has 0 radical (unpaired) electrons. The molecule has 0 aliphatic carbocycles. The van der Waals surface area contributed by atoms with Crippen LogP contribution in [0.2, 0.25) is 0 Å². The summed E-state index contributed by atoms with van der Waals surface area (Å²) in [7, 11) is 0. The van der Waals surface area contributed by atoms with E-state index in [1.165, 1.54) is 10.9 Å².